The molecule has 57 heavy (non-hydrogen) atoms. The molecular weight excluding hydrogens is 743 g/mol. The second-order valence-corrected chi connectivity index (χ2v) is 17.2. The lowest BCUT2D eigenvalue weighted by Gasteiger charge is -2.20. The van der Waals surface area contributed by atoms with Gasteiger partial charge >= 0.3 is 19.8 Å². The molecular formula is C46H87O10P. The van der Waals surface area contributed by atoms with Crippen LogP contribution in [0.2, 0.25) is 0 Å². The Labute approximate surface area is 348 Å². The zero-order valence-electron chi connectivity index (χ0n) is 36.6. The second kappa shape index (κ2) is 42.6. The molecule has 10 nitrogen and oxygen atoms in total. The fourth-order valence-electron chi connectivity index (χ4n) is 6.50. The first kappa shape index (κ1) is 55.5. The molecule has 0 aromatic rings. The number of hydrogen-bond acceptors (Lipinski definition) is 9. The SMILES string of the molecule is CCCCCCC/C=C\C/C=C\CCCCCCCCCCCCCC(=O)OC(COC(=O)CCCCCCCCCCCCC)COP(=O)(O)OCC(O)CO. The van der Waals surface area contributed by atoms with Crippen LogP contribution in [-0.2, 0) is 32.7 Å². The highest BCUT2D eigenvalue weighted by Crippen LogP contribution is 2.43. The van der Waals surface area contributed by atoms with Gasteiger partial charge in [-0.3, -0.25) is 18.6 Å². The van der Waals surface area contributed by atoms with Gasteiger partial charge < -0.3 is 24.6 Å². The molecule has 336 valence electrons. The minimum absolute atomic E-state index is 0.185. The fraction of sp³-hybridized carbons (Fsp3) is 0.870. The van der Waals surface area contributed by atoms with E-state index in [0.29, 0.717) is 12.8 Å². The molecule has 0 saturated carbocycles. The third-order valence-electron chi connectivity index (χ3n) is 10.1. The Morgan fingerprint density at radius 1 is 0.526 bits per heavy atom. The zero-order valence-corrected chi connectivity index (χ0v) is 37.5. The van der Waals surface area contributed by atoms with E-state index >= 15 is 0 Å². The van der Waals surface area contributed by atoms with Crippen LogP contribution >= 0.6 is 7.82 Å². The molecule has 0 aliphatic carbocycles. The topological polar surface area (TPSA) is 149 Å². The van der Waals surface area contributed by atoms with Crippen LogP contribution in [0.15, 0.2) is 24.3 Å². The molecule has 0 amide bonds. The summed E-state index contributed by atoms with van der Waals surface area (Å²) in [6.45, 7) is 2.38. The summed E-state index contributed by atoms with van der Waals surface area (Å²) < 4.78 is 32.7. The summed E-state index contributed by atoms with van der Waals surface area (Å²) in [4.78, 5) is 35.0. The Kier molecular flexibility index (Phi) is 41.4. The average molecular weight is 831 g/mol. The van der Waals surface area contributed by atoms with Gasteiger partial charge in [-0.1, -0.05) is 186 Å². The third-order valence-corrected chi connectivity index (χ3v) is 11.1. The van der Waals surface area contributed by atoms with Crippen LogP contribution in [0.25, 0.3) is 0 Å². The normalized spacial score (nSPS) is 14.0. The summed E-state index contributed by atoms with van der Waals surface area (Å²) in [5.41, 5.74) is 0. The molecule has 0 aliphatic rings. The van der Waals surface area contributed by atoms with Crippen LogP contribution in [0, 0.1) is 0 Å². The second-order valence-electron chi connectivity index (χ2n) is 15.8. The maximum absolute atomic E-state index is 12.6. The van der Waals surface area contributed by atoms with Crippen molar-refractivity contribution in [3.63, 3.8) is 0 Å². The van der Waals surface area contributed by atoms with Gasteiger partial charge in [-0.2, -0.15) is 0 Å². The minimum atomic E-state index is -4.61. The average Bonchev–Trinajstić information content (AvgIpc) is 3.20. The fourth-order valence-corrected chi connectivity index (χ4v) is 7.28. The summed E-state index contributed by atoms with van der Waals surface area (Å²) in [5, 5.41) is 18.3. The standard InChI is InChI=1S/C46H87O10P/c1-3-5-7-9-11-13-15-16-17-18-19-20-21-22-23-24-25-26-28-30-32-34-36-38-46(50)56-44(42-55-57(51,52)54-40-43(48)39-47)41-53-45(49)37-35-33-31-29-27-14-12-10-8-6-4-2/h15-16,18-19,43-44,47-48H,3-14,17,20-42H2,1-2H3,(H,51,52)/b16-15-,19-18-. The molecule has 0 saturated heterocycles. The van der Waals surface area contributed by atoms with E-state index in [1.54, 1.807) is 0 Å². The van der Waals surface area contributed by atoms with Crippen molar-refractivity contribution < 1.29 is 47.8 Å². The molecule has 0 heterocycles. The summed E-state index contributed by atoms with van der Waals surface area (Å²) in [7, 11) is -4.61. The quantitative estimate of drug-likeness (QED) is 0.0234. The Bertz CT molecular complexity index is 1000. The van der Waals surface area contributed by atoms with Crippen LogP contribution in [0.3, 0.4) is 0 Å². The highest BCUT2D eigenvalue weighted by Gasteiger charge is 2.27. The van der Waals surface area contributed by atoms with Gasteiger partial charge in [0, 0.05) is 12.8 Å². The van der Waals surface area contributed by atoms with Gasteiger partial charge in [-0.25, -0.2) is 4.57 Å². The van der Waals surface area contributed by atoms with Gasteiger partial charge in [0.15, 0.2) is 6.10 Å². The number of carbonyl (C=O) groups excluding carboxylic acids is 2. The van der Waals surface area contributed by atoms with Crippen molar-refractivity contribution in [2.45, 2.75) is 232 Å². The first-order valence-electron chi connectivity index (χ1n) is 23.3. The predicted molar refractivity (Wildman–Crippen MR) is 233 cm³/mol. The van der Waals surface area contributed by atoms with E-state index < -0.39 is 51.8 Å². The first-order valence-corrected chi connectivity index (χ1v) is 24.8. The van der Waals surface area contributed by atoms with E-state index in [1.807, 2.05) is 0 Å². The van der Waals surface area contributed by atoms with Gasteiger partial charge in [0.2, 0.25) is 0 Å². The van der Waals surface area contributed by atoms with E-state index in [4.69, 9.17) is 23.6 Å². The van der Waals surface area contributed by atoms with Gasteiger partial charge in [-0.15, -0.1) is 0 Å². The number of allylic oxidation sites excluding steroid dienone is 4. The van der Waals surface area contributed by atoms with Gasteiger partial charge in [0.05, 0.1) is 19.8 Å². The number of carbonyl (C=O) groups is 2. The molecule has 0 fully saturated rings. The molecule has 0 spiro atoms. The summed E-state index contributed by atoms with van der Waals surface area (Å²) in [5.74, 6) is -0.919. The molecule has 3 unspecified atom stereocenters. The number of phosphoric acid groups is 1. The molecule has 3 atom stereocenters. The van der Waals surface area contributed by atoms with E-state index in [-0.39, 0.29) is 19.4 Å². The van der Waals surface area contributed by atoms with E-state index in [9.17, 15) is 24.2 Å². The molecule has 0 rings (SSSR count). The van der Waals surface area contributed by atoms with Crippen LogP contribution in [0.4, 0.5) is 0 Å². The number of rotatable bonds is 44. The highest BCUT2D eigenvalue weighted by molar-refractivity contribution is 7.47. The monoisotopic (exact) mass is 831 g/mol. The Morgan fingerprint density at radius 3 is 1.35 bits per heavy atom. The number of aliphatic hydroxyl groups excluding tert-OH is 2. The van der Waals surface area contributed by atoms with Crippen molar-refractivity contribution in [1.82, 2.24) is 0 Å². The lowest BCUT2D eigenvalue weighted by molar-refractivity contribution is -0.161. The Hall–Kier alpha value is -1.55. The van der Waals surface area contributed by atoms with E-state index in [1.165, 1.54) is 135 Å². The molecule has 0 bridgehead atoms. The molecule has 3 N–H and O–H groups in total. The number of ether oxygens (including phenoxy) is 2. The molecule has 0 radical (unpaired) electrons. The molecule has 0 aromatic heterocycles. The van der Waals surface area contributed by atoms with Crippen LogP contribution in [0.1, 0.15) is 219 Å². The van der Waals surface area contributed by atoms with Crippen molar-refractivity contribution >= 4 is 19.8 Å². The summed E-state index contributed by atoms with van der Waals surface area (Å²) >= 11 is 0. The minimum Gasteiger partial charge on any atom is -0.462 e. The lowest BCUT2D eigenvalue weighted by Crippen LogP contribution is -2.29. The van der Waals surface area contributed by atoms with Gasteiger partial charge in [-0.05, 0) is 44.9 Å². The van der Waals surface area contributed by atoms with Crippen LogP contribution in [0.5, 0.6) is 0 Å². The Morgan fingerprint density at radius 2 is 0.912 bits per heavy atom. The molecule has 0 aromatic carbocycles. The van der Waals surface area contributed by atoms with Crippen molar-refractivity contribution in [2.24, 2.45) is 0 Å². The maximum Gasteiger partial charge on any atom is 0.472 e. The third kappa shape index (κ3) is 42.4. The largest absolute Gasteiger partial charge is 0.472 e. The number of phosphoric ester groups is 1. The first-order chi connectivity index (χ1) is 27.7. The van der Waals surface area contributed by atoms with Crippen LogP contribution < -0.4 is 0 Å². The maximum atomic E-state index is 12.6. The smallest absolute Gasteiger partial charge is 0.462 e. The highest BCUT2D eigenvalue weighted by atomic mass is 31.2. The van der Waals surface area contributed by atoms with E-state index in [0.717, 1.165) is 44.9 Å². The molecule has 11 heteroatoms. The zero-order chi connectivity index (χ0) is 41.9. The van der Waals surface area contributed by atoms with Crippen LogP contribution in [-0.4, -0.2) is 65.7 Å². The number of esters is 2. The summed E-state index contributed by atoms with van der Waals surface area (Å²) in [6.07, 6.45) is 42.9. The summed E-state index contributed by atoms with van der Waals surface area (Å²) in [6, 6.07) is 0. The van der Waals surface area contributed by atoms with Gasteiger partial charge in [0.1, 0.15) is 12.7 Å². The lowest BCUT2D eigenvalue weighted by atomic mass is 10.0. The number of unbranched alkanes of at least 4 members (excludes halogenated alkanes) is 26. The van der Waals surface area contributed by atoms with Gasteiger partial charge in [0.25, 0.3) is 0 Å². The van der Waals surface area contributed by atoms with Crippen molar-refractivity contribution in [3.05, 3.63) is 24.3 Å². The number of aliphatic hydroxyl groups is 2. The number of hydrogen-bond donors (Lipinski definition) is 3. The van der Waals surface area contributed by atoms with Crippen molar-refractivity contribution in [3.8, 4) is 0 Å². The van der Waals surface area contributed by atoms with Crippen molar-refractivity contribution in [1.29, 1.82) is 0 Å². The molecule has 0 aliphatic heterocycles. The Balaban J connectivity index is 4.16. The predicted octanol–water partition coefficient (Wildman–Crippen LogP) is 12.6. The van der Waals surface area contributed by atoms with Crippen molar-refractivity contribution in [2.75, 3.05) is 26.4 Å². The van der Waals surface area contributed by atoms with E-state index in [2.05, 4.69) is 38.2 Å².